The molecule has 6 rings (SSSR count). The number of rotatable bonds is 3. The first-order valence-electron chi connectivity index (χ1n) is 10.3. The fourth-order valence-corrected chi connectivity index (χ4v) is 4.27. The Balaban J connectivity index is 1.47. The van der Waals surface area contributed by atoms with Crippen molar-refractivity contribution in [2.75, 3.05) is 0 Å². The third kappa shape index (κ3) is 2.56. The fourth-order valence-electron chi connectivity index (χ4n) is 4.27. The van der Waals surface area contributed by atoms with Crippen LogP contribution in [0.1, 0.15) is 12.5 Å². The summed E-state index contributed by atoms with van der Waals surface area (Å²) < 4.78 is 8.32. The summed E-state index contributed by atoms with van der Waals surface area (Å²) in [6.07, 6.45) is 0.992. The van der Waals surface area contributed by atoms with Gasteiger partial charge < -0.3 is 8.98 Å². The van der Waals surface area contributed by atoms with Gasteiger partial charge in [0, 0.05) is 22.0 Å². The Morgan fingerprint density at radius 1 is 0.767 bits per heavy atom. The van der Waals surface area contributed by atoms with Crippen molar-refractivity contribution in [2.45, 2.75) is 13.3 Å². The summed E-state index contributed by atoms with van der Waals surface area (Å²) >= 11 is 0. The van der Waals surface area contributed by atoms with Gasteiger partial charge in [0.15, 0.2) is 5.58 Å². The summed E-state index contributed by atoms with van der Waals surface area (Å²) in [7, 11) is 0. The lowest BCUT2D eigenvalue weighted by atomic mass is 10.1. The fraction of sp³-hybridized carbons (Fsp3) is 0.0741. The number of hydrogen-bond acceptors (Lipinski definition) is 2. The number of benzene rings is 4. The van der Waals surface area contributed by atoms with Gasteiger partial charge in [-0.1, -0.05) is 49.4 Å². The first-order valence-corrected chi connectivity index (χ1v) is 10.3. The molecule has 3 nitrogen and oxygen atoms in total. The van der Waals surface area contributed by atoms with Crippen LogP contribution >= 0.6 is 0 Å². The summed E-state index contributed by atoms with van der Waals surface area (Å²) in [5.41, 5.74) is 7.53. The second kappa shape index (κ2) is 6.60. The van der Waals surface area contributed by atoms with Gasteiger partial charge in [0.25, 0.3) is 0 Å². The van der Waals surface area contributed by atoms with E-state index < -0.39 is 0 Å². The first kappa shape index (κ1) is 17.0. The number of oxazole rings is 1. The molecule has 4 aromatic carbocycles. The highest BCUT2D eigenvalue weighted by molar-refractivity contribution is 6.09. The van der Waals surface area contributed by atoms with Crippen molar-refractivity contribution in [3.8, 4) is 17.1 Å². The normalized spacial score (nSPS) is 11.6. The quantitative estimate of drug-likeness (QED) is 0.322. The lowest BCUT2D eigenvalue weighted by Crippen LogP contribution is -1.93. The van der Waals surface area contributed by atoms with E-state index >= 15 is 0 Å². The molecule has 0 aliphatic rings. The third-order valence-electron chi connectivity index (χ3n) is 5.81. The summed E-state index contributed by atoms with van der Waals surface area (Å²) in [6, 6.07) is 31.8. The molecule has 0 radical (unpaired) electrons. The van der Waals surface area contributed by atoms with Crippen molar-refractivity contribution in [3.05, 3.63) is 96.6 Å². The van der Waals surface area contributed by atoms with Gasteiger partial charge in [-0.2, -0.15) is 0 Å². The smallest absolute Gasteiger partial charge is 0.227 e. The maximum absolute atomic E-state index is 6.01. The van der Waals surface area contributed by atoms with E-state index in [0.717, 1.165) is 28.8 Å². The minimum Gasteiger partial charge on any atom is -0.436 e. The van der Waals surface area contributed by atoms with Crippen LogP contribution in [-0.4, -0.2) is 9.55 Å². The SMILES string of the molecule is CCc1ccc2oc(-c3ccc(-n4c5ccccc5c5ccccc54)cc3)nc2c1. The molecule has 0 saturated carbocycles. The van der Waals surface area contributed by atoms with Gasteiger partial charge in [-0.15, -0.1) is 0 Å². The minimum absolute atomic E-state index is 0.659. The van der Waals surface area contributed by atoms with Gasteiger partial charge in [-0.25, -0.2) is 4.98 Å². The predicted octanol–water partition coefficient (Wildman–Crippen LogP) is 7.15. The molecule has 0 bridgehead atoms. The zero-order chi connectivity index (χ0) is 20.1. The average Bonchev–Trinajstić information content (AvgIpc) is 3.38. The summed E-state index contributed by atoms with van der Waals surface area (Å²) in [6.45, 7) is 2.15. The van der Waals surface area contributed by atoms with E-state index in [2.05, 4.69) is 96.4 Å². The maximum Gasteiger partial charge on any atom is 0.227 e. The van der Waals surface area contributed by atoms with Crippen molar-refractivity contribution in [2.24, 2.45) is 0 Å². The van der Waals surface area contributed by atoms with E-state index in [9.17, 15) is 0 Å². The first-order chi connectivity index (χ1) is 14.8. The Bertz CT molecular complexity index is 1470. The van der Waals surface area contributed by atoms with Gasteiger partial charge in [0.2, 0.25) is 5.89 Å². The number of nitrogens with zero attached hydrogens (tertiary/aromatic N) is 2. The van der Waals surface area contributed by atoms with Crippen LogP contribution < -0.4 is 0 Å². The van der Waals surface area contributed by atoms with Crippen LogP contribution in [0.3, 0.4) is 0 Å². The minimum atomic E-state index is 0.659. The summed E-state index contributed by atoms with van der Waals surface area (Å²) in [5.74, 6) is 0.659. The second-order valence-corrected chi connectivity index (χ2v) is 7.59. The number of aromatic nitrogens is 2. The molecule has 0 aliphatic carbocycles. The molecule has 0 N–H and O–H groups in total. The molecule has 3 heteroatoms. The topological polar surface area (TPSA) is 31.0 Å². The summed E-state index contributed by atoms with van der Waals surface area (Å²) in [5, 5.41) is 2.53. The molecule has 0 atom stereocenters. The van der Waals surface area contributed by atoms with Gasteiger partial charge in [0.1, 0.15) is 5.52 Å². The molecule has 0 saturated heterocycles. The van der Waals surface area contributed by atoms with Crippen LogP contribution in [0, 0.1) is 0 Å². The summed E-state index contributed by atoms with van der Waals surface area (Å²) in [4.78, 5) is 4.71. The number of hydrogen-bond donors (Lipinski definition) is 0. The van der Waals surface area contributed by atoms with Gasteiger partial charge >= 0.3 is 0 Å². The highest BCUT2D eigenvalue weighted by Crippen LogP contribution is 2.32. The molecule has 0 aliphatic heterocycles. The van der Waals surface area contributed by atoms with E-state index in [0.29, 0.717) is 5.89 Å². The molecule has 0 spiro atoms. The molecule has 2 heterocycles. The van der Waals surface area contributed by atoms with Gasteiger partial charge in [-0.3, -0.25) is 0 Å². The monoisotopic (exact) mass is 388 g/mol. The second-order valence-electron chi connectivity index (χ2n) is 7.59. The standard InChI is InChI=1S/C27H20N2O/c1-2-18-11-16-26-23(17-18)28-27(30-26)19-12-14-20(15-13-19)29-24-9-5-3-7-21(24)22-8-4-6-10-25(22)29/h3-17H,2H2,1H3. The molecule has 30 heavy (non-hydrogen) atoms. The number of fused-ring (bicyclic) bond motifs is 4. The van der Waals surface area contributed by atoms with Gasteiger partial charge in [0.05, 0.1) is 11.0 Å². The lowest BCUT2D eigenvalue weighted by molar-refractivity contribution is 0.620. The molecule has 0 fully saturated rings. The molecular formula is C27H20N2O. The molecule has 144 valence electrons. The highest BCUT2D eigenvalue weighted by Gasteiger charge is 2.13. The Morgan fingerprint density at radius 2 is 1.43 bits per heavy atom. The molecule has 6 aromatic rings. The Hall–Kier alpha value is -3.85. The molecular weight excluding hydrogens is 368 g/mol. The Kier molecular flexibility index (Phi) is 3.75. The van der Waals surface area contributed by atoms with Gasteiger partial charge in [-0.05, 0) is 60.5 Å². The van der Waals surface area contributed by atoms with E-state index in [1.807, 2.05) is 6.07 Å². The molecule has 0 amide bonds. The molecule has 0 unspecified atom stereocenters. The van der Waals surface area contributed by atoms with Crippen molar-refractivity contribution < 1.29 is 4.42 Å². The predicted molar refractivity (Wildman–Crippen MR) is 123 cm³/mol. The maximum atomic E-state index is 6.01. The number of aryl methyl sites for hydroxylation is 1. The zero-order valence-electron chi connectivity index (χ0n) is 16.7. The zero-order valence-corrected chi connectivity index (χ0v) is 16.7. The lowest BCUT2D eigenvalue weighted by Gasteiger charge is -2.08. The van der Waals surface area contributed by atoms with E-state index in [1.54, 1.807) is 0 Å². The Morgan fingerprint density at radius 3 is 2.10 bits per heavy atom. The van der Waals surface area contributed by atoms with Crippen LogP contribution in [0.15, 0.2) is 95.4 Å². The number of para-hydroxylation sites is 2. The van der Waals surface area contributed by atoms with Crippen LogP contribution in [0.5, 0.6) is 0 Å². The molecule has 2 aromatic heterocycles. The van der Waals surface area contributed by atoms with Crippen LogP contribution in [0.25, 0.3) is 50.0 Å². The van der Waals surface area contributed by atoms with Crippen LogP contribution in [-0.2, 0) is 6.42 Å². The largest absolute Gasteiger partial charge is 0.436 e. The van der Waals surface area contributed by atoms with Crippen LogP contribution in [0.2, 0.25) is 0 Å². The third-order valence-corrected chi connectivity index (χ3v) is 5.81. The highest BCUT2D eigenvalue weighted by atomic mass is 16.3. The van der Waals surface area contributed by atoms with E-state index in [-0.39, 0.29) is 0 Å². The van der Waals surface area contributed by atoms with Crippen molar-refractivity contribution in [3.63, 3.8) is 0 Å². The Labute approximate surface area is 174 Å². The average molecular weight is 388 g/mol. The van der Waals surface area contributed by atoms with Crippen LogP contribution in [0.4, 0.5) is 0 Å². The van der Waals surface area contributed by atoms with Crippen molar-refractivity contribution >= 4 is 32.9 Å². The van der Waals surface area contributed by atoms with Crippen molar-refractivity contribution in [1.29, 1.82) is 0 Å². The van der Waals surface area contributed by atoms with E-state index in [1.165, 1.54) is 27.4 Å². The van der Waals surface area contributed by atoms with Crippen molar-refractivity contribution in [1.82, 2.24) is 9.55 Å². The van der Waals surface area contributed by atoms with E-state index in [4.69, 9.17) is 9.40 Å².